The van der Waals surface area contributed by atoms with Crippen molar-refractivity contribution in [2.24, 2.45) is 0 Å². The maximum Gasteiger partial charge on any atom is 0.338 e. The summed E-state index contributed by atoms with van der Waals surface area (Å²) in [6.45, 7) is 0.875. The van der Waals surface area contributed by atoms with Crippen molar-refractivity contribution in [3.05, 3.63) is 144 Å². The van der Waals surface area contributed by atoms with E-state index in [1.165, 1.54) is 36.4 Å². The highest BCUT2D eigenvalue weighted by Gasteiger charge is 2.44. The Kier molecular flexibility index (Phi) is 11.4. The van der Waals surface area contributed by atoms with Gasteiger partial charge in [0.15, 0.2) is 18.3 Å². The molecule has 9 nitrogen and oxygen atoms in total. The van der Waals surface area contributed by atoms with E-state index in [1.54, 1.807) is 91.9 Å². The van der Waals surface area contributed by atoms with Crippen LogP contribution >= 0.6 is 0 Å². The van der Waals surface area contributed by atoms with Gasteiger partial charge in [0.2, 0.25) is 0 Å². The number of carbonyl (C=O) groups is 4. The molecule has 4 aromatic carbocycles. The Morgan fingerprint density at radius 2 is 0.750 bits per heavy atom. The van der Waals surface area contributed by atoms with E-state index in [4.69, 9.17) is 18.9 Å². The van der Waals surface area contributed by atoms with Crippen molar-refractivity contribution >= 4 is 23.9 Å². The fraction of sp³-hybridized carbons (Fsp3) is 0.200. The van der Waals surface area contributed by atoms with Crippen LogP contribution in [0.2, 0.25) is 0 Å². The number of hydrogen-bond donors (Lipinski definition) is 1. The van der Waals surface area contributed by atoms with E-state index in [9.17, 15) is 24.3 Å². The number of benzene rings is 4. The van der Waals surface area contributed by atoms with Gasteiger partial charge in [-0.3, -0.25) is 0 Å². The number of aliphatic hydroxyl groups is 1. The lowest BCUT2D eigenvalue weighted by Crippen LogP contribution is -2.53. The summed E-state index contributed by atoms with van der Waals surface area (Å²) in [5, 5.41) is 10.5. The lowest BCUT2D eigenvalue weighted by Gasteiger charge is -2.35. The van der Waals surface area contributed by atoms with Gasteiger partial charge in [-0.05, 0) is 55.0 Å². The number of ether oxygens (including phenoxy) is 4. The van der Waals surface area contributed by atoms with E-state index >= 15 is 0 Å². The molecule has 0 radical (unpaired) electrons. The normalized spacial score (nSPS) is 13.4. The van der Waals surface area contributed by atoms with E-state index in [-0.39, 0.29) is 28.7 Å². The number of esters is 4. The summed E-state index contributed by atoms with van der Waals surface area (Å²) in [4.78, 5) is 52.9. The number of aliphatic hydroxyl groups excluding tert-OH is 1. The summed E-state index contributed by atoms with van der Waals surface area (Å²) >= 11 is 0. The molecule has 0 aromatic heterocycles. The van der Waals surface area contributed by atoms with Gasteiger partial charge < -0.3 is 24.1 Å². The van der Waals surface area contributed by atoms with Crippen molar-refractivity contribution in [3.8, 4) is 0 Å². The zero-order chi connectivity index (χ0) is 31.3. The Hall–Kier alpha value is -5.28. The molecule has 0 spiro atoms. The molecule has 0 bridgehead atoms. The Morgan fingerprint density at radius 1 is 0.477 bits per heavy atom. The van der Waals surface area contributed by atoms with E-state index in [2.05, 4.69) is 0 Å². The SMILES string of the molecule is CC[C@@H](OC(=O)c1ccccc1)[C@@H](OC(=O)c1ccccc1)[C@H](OC(=O)c1ccccc1)[C@@H](CO)OC(=O)c1ccccc1. The third-order valence-electron chi connectivity index (χ3n) is 6.68. The van der Waals surface area contributed by atoms with Gasteiger partial charge in [-0.2, -0.15) is 0 Å². The molecule has 0 aliphatic carbocycles. The molecule has 9 heteroatoms. The van der Waals surface area contributed by atoms with Crippen LogP contribution < -0.4 is 0 Å². The van der Waals surface area contributed by atoms with Gasteiger partial charge in [-0.1, -0.05) is 79.7 Å². The van der Waals surface area contributed by atoms with Crippen molar-refractivity contribution in [3.63, 3.8) is 0 Å². The summed E-state index contributed by atoms with van der Waals surface area (Å²) in [6, 6.07) is 32.3. The molecule has 0 aliphatic heterocycles. The fourth-order valence-electron chi connectivity index (χ4n) is 4.39. The first-order chi connectivity index (χ1) is 21.4. The van der Waals surface area contributed by atoms with Crippen molar-refractivity contribution in [2.45, 2.75) is 37.8 Å². The number of carbonyl (C=O) groups excluding carboxylic acids is 4. The predicted octanol–water partition coefficient (Wildman–Crippen LogP) is 5.29. The third kappa shape index (κ3) is 8.39. The van der Waals surface area contributed by atoms with Gasteiger partial charge in [0.1, 0.15) is 6.10 Å². The van der Waals surface area contributed by atoms with E-state index < -0.39 is 54.9 Å². The maximum absolute atomic E-state index is 13.4. The van der Waals surface area contributed by atoms with E-state index in [0.29, 0.717) is 0 Å². The lowest BCUT2D eigenvalue weighted by molar-refractivity contribution is -0.131. The van der Waals surface area contributed by atoms with Crippen LogP contribution in [-0.2, 0) is 18.9 Å². The Balaban J connectivity index is 1.74. The summed E-state index contributed by atoms with van der Waals surface area (Å²) in [5.74, 6) is -3.17. The predicted molar refractivity (Wildman–Crippen MR) is 160 cm³/mol. The second-order valence-corrected chi connectivity index (χ2v) is 9.68. The second kappa shape index (κ2) is 15.8. The Bertz CT molecular complexity index is 1390. The first-order valence-electron chi connectivity index (χ1n) is 14.1. The monoisotopic (exact) mass is 596 g/mol. The molecule has 44 heavy (non-hydrogen) atoms. The molecule has 4 aromatic rings. The maximum atomic E-state index is 13.4. The largest absolute Gasteiger partial charge is 0.455 e. The fourth-order valence-corrected chi connectivity index (χ4v) is 4.39. The minimum absolute atomic E-state index is 0.107. The van der Waals surface area contributed by atoms with Crippen LogP contribution in [0.25, 0.3) is 0 Å². The molecule has 0 aliphatic rings. The molecule has 0 heterocycles. The number of rotatable bonds is 13. The third-order valence-corrected chi connectivity index (χ3v) is 6.68. The molecule has 4 rings (SSSR count). The van der Waals surface area contributed by atoms with Crippen LogP contribution in [0.5, 0.6) is 0 Å². The van der Waals surface area contributed by atoms with Gasteiger partial charge in [-0.15, -0.1) is 0 Å². The van der Waals surface area contributed by atoms with Crippen LogP contribution in [0.4, 0.5) is 0 Å². The Morgan fingerprint density at radius 3 is 1.05 bits per heavy atom. The van der Waals surface area contributed by atoms with Gasteiger partial charge in [0, 0.05) is 0 Å². The topological polar surface area (TPSA) is 125 Å². The van der Waals surface area contributed by atoms with E-state index in [0.717, 1.165) is 0 Å². The molecule has 4 atom stereocenters. The van der Waals surface area contributed by atoms with E-state index in [1.807, 2.05) is 0 Å². The summed E-state index contributed by atoms with van der Waals surface area (Å²) in [6.07, 6.45) is -5.70. The molecular formula is C35H32O9. The minimum atomic E-state index is -1.60. The quantitative estimate of drug-likeness (QED) is 0.162. The van der Waals surface area contributed by atoms with Crippen LogP contribution in [-0.4, -0.2) is 60.0 Å². The summed E-state index contributed by atoms with van der Waals surface area (Å²) in [5.41, 5.74) is 0.758. The Labute approximate surface area is 255 Å². The molecule has 0 saturated heterocycles. The molecule has 0 fully saturated rings. The van der Waals surface area contributed by atoms with Crippen molar-refractivity contribution < 1.29 is 43.2 Å². The highest BCUT2D eigenvalue weighted by Crippen LogP contribution is 2.25. The van der Waals surface area contributed by atoms with Gasteiger partial charge in [-0.25, -0.2) is 19.2 Å². The van der Waals surface area contributed by atoms with Crippen LogP contribution in [0.3, 0.4) is 0 Å². The molecule has 1 N–H and O–H groups in total. The average molecular weight is 597 g/mol. The molecule has 0 saturated carbocycles. The second-order valence-electron chi connectivity index (χ2n) is 9.68. The molecular weight excluding hydrogens is 564 g/mol. The summed E-state index contributed by atoms with van der Waals surface area (Å²) < 4.78 is 23.2. The highest BCUT2D eigenvalue weighted by atomic mass is 16.6. The van der Waals surface area contributed by atoms with Crippen molar-refractivity contribution in [1.29, 1.82) is 0 Å². The average Bonchev–Trinajstić information content (AvgIpc) is 3.09. The van der Waals surface area contributed by atoms with Crippen molar-refractivity contribution in [2.75, 3.05) is 6.61 Å². The molecule has 0 unspecified atom stereocenters. The highest BCUT2D eigenvalue weighted by molar-refractivity contribution is 5.91. The van der Waals surface area contributed by atoms with Crippen LogP contribution in [0.15, 0.2) is 121 Å². The smallest absolute Gasteiger partial charge is 0.338 e. The molecule has 226 valence electrons. The lowest BCUT2D eigenvalue weighted by atomic mass is 9.99. The van der Waals surface area contributed by atoms with Crippen molar-refractivity contribution in [1.82, 2.24) is 0 Å². The van der Waals surface area contributed by atoms with Gasteiger partial charge >= 0.3 is 23.9 Å². The first-order valence-corrected chi connectivity index (χ1v) is 14.1. The first kappa shape index (κ1) is 31.7. The van der Waals surface area contributed by atoms with Crippen LogP contribution in [0, 0.1) is 0 Å². The number of hydrogen-bond acceptors (Lipinski definition) is 9. The molecule has 0 amide bonds. The van der Waals surface area contributed by atoms with Gasteiger partial charge in [0.25, 0.3) is 0 Å². The zero-order valence-corrected chi connectivity index (χ0v) is 24.0. The van der Waals surface area contributed by atoms with Crippen LogP contribution in [0.1, 0.15) is 54.8 Å². The zero-order valence-electron chi connectivity index (χ0n) is 24.0. The minimum Gasteiger partial charge on any atom is -0.455 e. The summed E-state index contributed by atoms with van der Waals surface area (Å²) in [7, 11) is 0. The standard InChI is InChI=1S/C35H32O9/c1-2-28(41-32(37)24-15-7-3-8-16-24)30(43-34(39)26-19-11-5-12-20-26)31(44-35(40)27-21-13-6-14-22-27)29(23-36)42-33(38)25-17-9-4-10-18-25/h3-22,28-31,36H,2,23H2,1H3/t28-,29-,30-,31-/m1/s1. The van der Waals surface area contributed by atoms with Gasteiger partial charge in [0.05, 0.1) is 28.9 Å².